The van der Waals surface area contributed by atoms with E-state index in [2.05, 4.69) is 16.9 Å². The van der Waals surface area contributed by atoms with E-state index in [1.165, 1.54) is 24.2 Å². The predicted octanol–water partition coefficient (Wildman–Crippen LogP) is 4.28. The minimum absolute atomic E-state index is 0.155. The zero-order chi connectivity index (χ0) is 14.1. The Morgan fingerprint density at radius 1 is 1.45 bits per heavy atom. The lowest BCUT2D eigenvalue weighted by molar-refractivity contribution is 0.311. The second-order valence-corrected chi connectivity index (χ2v) is 6.36. The maximum absolute atomic E-state index is 14.2. The van der Waals surface area contributed by atoms with Crippen molar-refractivity contribution < 1.29 is 4.39 Å². The molecular weight excluding hydrogens is 295 g/mol. The number of halogens is 2. The molecule has 1 saturated carbocycles. The molecule has 0 radical (unpaired) electrons. The normalized spacial score (nSPS) is 15.0. The second kappa shape index (κ2) is 5.80. The van der Waals surface area contributed by atoms with Gasteiger partial charge < -0.3 is 0 Å². The Kier molecular flexibility index (Phi) is 4.06. The van der Waals surface area contributed by atoms with Crippen molar-refractivity contribution in [3.05, 3.63) is 40.7 Å². The van der Waals surface area contributed by atoms with E-state index in [1.54, 1.807) is 6.07 Å². The molecule has 20 heavy (non-hydrogen) atoms. The Balaban J connectivity index is 1.79. The molecule has 0 N–H and O–H groups in total. The Morgan fingerprint density at radius 3 is 2.85 bits per heavy atom. The van der Waals surface area contributed by atoms with Crippen molar-refractivity contribution in [3.8, 4) is 10.6 Å². The van der Waals surface area contributed by atoms with Gasteiger partial charge in [0.15, 0.2) is 0 Å². The molecule has 5 heteroatoms. The summed E-state index contributed by atoms with van der Waals surface area (Å²) in [6.45, 7) is 0.668. The van der Waals surface area contributed by atoms with Crippen LogP contribution in [0, 0.1) is 5.82 Å². The molecule has 1 aromatic heterocycles. The lowest BCUT2D eigenvalue weighted by Gasteiger charge is -2.16. The molecule has 0 amide bonds. The van der Waals surface area contributed by atoms with E-state index < -0.39 is 0 Å². The fourth-order valence-corrected chi connectivity index (χ4v) is 3.27. The Morgan fingerprint density at radius 2 is 2.25 bits per heavy atom. The third kappa shape index (κ3) is 3.03. The first-order valence-corrected chi connectivity index (χ1v) is 8.08. The molecule has 2 nitrogen and oxygen atoms in total. The van der Waals surface area contributed by atoms with Crippen LogP contribution in [0.2, 0.25) is 0 Å². The molecule has 1 aliphatic carbocycles. The predicted molar refractivity (Wildman–Crippen MR) is 81.6 cm³/mol. The molecule has 106 valence electrons. The minimum Gasteiger partial charge on any atom is -0.299 e. The summed E-state index contributed by atoms with van der Waals surface area (Å²) in [6.07, 6.45) is 2.47. The first-order chi connectivity index (χ1) is 9.67. The van der Waals surface area contributed by atoms with Crippen molar-refractivity contribution >= 4 is 22.9 Å². The Labute approximate surface area is 127 Å². The summed E-state index contributed by atoms with van der Waals surface area (Å²) in [6, 6.07) is 6.02. The van der Waals surface area contributed by atoms with Crippen LogP contribution in [-0.2, 0) is 12.4 Å². The molecule has 1 heterocycles. The second-order valence-electron chi connectivity index (χ2n) is 5.23. The molecule has 1 aliphatic rings. The van der Waals surface area contributed by atoms with Gasteiger partial charge in [-0.25, -0.2) is 9.37 Å². The van der Waals surface area contributed by atoms with Gasteiger partial charge in [0.2, 0.25) is 0 Å². The summed E-state index contributed by atoms with van der Waals surface area (Å²) in [5, 5.41) is 2.73. The minimum atomic E-state index is -0.155. The fraction of sp³-hybridized carbons (Fsp3) is 0.400. The van der Waals surface area contributed by atoms with Crippen molar-refractivity contribution in [2.75, 3.05) is 7.05 Å². The van der Waals surface area contributed by atoms with Crippen molar-refractivity contribution in [1.82, 2.24) is 9.88 Å². The lowest BCUT2D eigenvalue weighted by atomic mass is 10.1. The molecule has 3 rings (SSSR count). The molecule has 1 aromatic carbocycles. The molecule has 0 spiro atoms. The average Bonchev–Trinajstić information content (AvgIpc) is 3.19. The summed E-state index contributed by atoms with van der Waals surface area (Å²) in [5.41, 5.74) is 2.41. The Hall–Kier alpha value is -0.970. The molecule has 0 atom stereocenters. The lowest BCUT2D eigenvalue weighted by Crippen LogP contribution is -2.20. The van der Waals surface area contributed by atoms with Gasteiger partial charge in [-0.3, -0.25) is 4.90 Å². The molecule has 0 unspecified atom stereocenters. The third-order valence-corrected chi connectivity index (χ3v) is 4.79. The summed E-state index contributed by atoms with van der Waals surface area (Å²) >= 11 is 7.24. The summed E-state index contributed by atoms with van der Waals surface area (Å²) in [5.74, 6) is 0.237. The van der Waals surface area contributed by atoms with Crippen LogP contribution >= 0.6 is 22.9 Å². The highest BCUT2D eigenvalue weighted by Crippen LogP contribution is 2.29. The average molecular weight is 311 g/mol. The first kappa shape index (κ1) is 14.0. The van der Waals surface area contributed by atoms with Gasteiger partial charge in [0, 0.05) is 29.1 Å². The van der Waals surface area contributed by atoms with E-state index in [-0.39, 0.29) is 5.82 Å². The summed E-state index contributed by atoms with van der Waals surface area (Å²) in [4.78, 5) is 6.59. The molecule has 2 aromatic rings. The molecular formula is C15H16ClFN2S. The number of rotatable bonds is 5. The maximum atomic E-state index is 14.2. The number of benzene rings is 1. The summed E-state index contributed by atoms with van der Waals surface area (Å²) in [7, 11) is 2.05. The van der Waals surface area contributed by atoms with Gasteiger partial charge in [0.05, 0.1) is 11.6 Å². The highest BCUT2D eigenvalue weighted by atomic mass is 35.5. The smallest absolute Gasteiger partial charge is 0.128 e. The first-order valence-electron chi connectivity index (χ1n) is 6.67. The van der Waals surface area contributed by atoms with Gasteiger partial charge in [0.1, 0.15) is 10.8 Å². The standard InChI is InChI=1S/C15H16ClFN2S/c1-19(13-4-5-13)8-11-3-2-10(6-14(11)17)15-18-12(7-16)9-20-15/h2-3,6,9,13H,4-5,7-8H2,1H3. The summed E-state index contributed by atoms with van der Waals surface area (Å²) < 4.78 is 14.2. The zero-order valence-corrected chi connectivity index (χ0v) is 12.8. The van der Waals surface area contributed by atoms with E-state index >= 15 is 0 Å². The van der Waals surface area contributed by atoms with E-state index in [0.29, 0.717) is 18.5 Å². The fourth-order valence-electron chi connectivity index (χ4n) is 2.22. The topological polar surface area (TPSA) is 16.1 Å². The number of aromatic nitrogens is 1. The van der Waals surface area contributed by atoms with Crippen molar-refractivity contribution in [2.24, 2.45) is 0 Å². The van der Waals surface area contributed by atoms with Gasteiger partial charge >= 0.3 is 0 Å². The van der Waals surface area contributed by atoms with Crippen LogP contribution in [0.4, 0.5) is 4.39 Å². The van der Waals surface area contributed by atoms with E-state index in [1.807, 2.05) is 17.5 Å². The number of nitrogens with zero attached hydrogens (tertiary/aromatic N) is 2. The van der Waals surface area contributed by atoms with E-state index in [0.717, 1.165) is 21.8 Å². The third-order valence-electron chi connectivity index (χ3n) is 3.58. The van der Waals surface area contributed by atoms with Crippen LogP contribution in [0.1, 0.15) is 24.1 Å². The van der Waals surface area contributed by atoms with Crippen molar-refractivity contribution in [1.29, 1.82) is 0 Å². The van der Waals surface area contributed by atoms with Gasteiger partial charge in [-0.15, -0.1) is 22.9 Å². The highest BCUT2D eigenvalue weighted by molar-refractivity contribution is 7.13. The van der Waals surface area contributed by atoms with Gasteiger partial charge in [-0.1, -0.05) is 12.1 Å². The van der Waals surface area contributed by atoms with Crippen LogP contribution in [0.25, 0.3) is 10.6 Å². The molecule has 1 fully saturated rings. The molecule has 0 aliphatic heterocycles. The SMILES string of the molecule is CN(Cc1ccc(-c2nc(CCl)cs2)cc1F)C1CC1. The van der Waals surface area contributed by atoms with Gasteiger partial charge in [-0.05, 0) is 26.0 Å². The van der Waals surface area contributed by atoms with Crippen molar-refractivity contribution in [2.45, 2.75) is 31.3 Å². The maximum Gasteiger partial charge on any atom is 0.128 e. The van der Waals surface area contributed by atoms with Crippen LogP contribution in [0.3, 0.4) is 0 Å². The van der Waals surface area contributed by atoms with Crippen LogP contribution in [0.15, 0.2) is 23.6 Å². The highest BCUT2D eigenvalue weighted by Gasteiger charge is 2.26. The quantitative estimate of drug-likeness (QED) is 0.766. The van der Waals surface area contributed by atoms with Crippen LogP contribution in [-0.4, -0.2) is 23.0 Å². The monoisotopic (exact) mass is 310 g/mol. The largest absolute Gasteiger partial charge is 0.299 e. The molecule has 0 saturated heterocycles. The Bertz CT molecular complexity index is 610. The number of hydrogen-bond donors (Lipinski definition) is 0. The van der Waals surface area contributed by atoms with Crippen molar-refractivity contribution in [3.63, 3.8) is 0 Å². The van der Waals surface area contributed by atoms with Gasteiger partial charge in [0.25, 0.3) is 0 Å². The van der Waals surface area contributed by atoms with E-state index in [9.17, 15) is 4.39 Å². The van der Waals surface area contributed by atoms with Crippen LogP contribution in [0.5, 0.6) is 0 Å². The number of alkyl halides is 1. The number of thiazole rings is 1. The van der Waals surface area contributed by atoms with Crippen LogP contribution < -0.4 is 0 Å². The van der Waals surface area contributed by atoms with Gasteiger partial charge in [-0.2, -0.15) is 0 Å². The van der Waals surface area contributed by atoms with E-state index in [4.69, 9.17) is 11.6 Å². The number of hydrogen-bond acceptors (Lipinski definition) is 3. The molecule has 0 bridgehead atoms. The zero-order valence-electron chi connectivity index (χ0n) is 11.3.